The number of nitro groups is 1. The molecule has 4 rings (SSSR count). The summed E-state index contributed by atoms with van der Waals surface area (Å²) in [6, 6.07) is 7.64. The molecule has 1 aromatic carbocycles. The van der Waals surface area contributed by atoms with Crippen molar-refractivity contribution < 1.29 is 18.9 Å². The first-order valence-corrected chi connectivity index (χ1v) is 11.6. The molecule has 3 heterocycles. The van der Waals surface area contributed by atoms with Gasteiger partial charge in [-0.05, 0) is 44.0 Å². The van der Waals surface area contributed by atoms with Crippen LogP contribution in [0.3, 0.4) is 0 Å². The maximum atomic E-state index is 12.7. The number of nitrogens with zero attached hydrogens (tertiary/aromatic N) is 3. The van der Waals surface area contributed by atoms with Crippen LogP contribution >= 0.6 is 23.1 Å². The highest BCUT2D eigenvalue weighted by atomic mass is 32.2. The lowest BCUT2D eigenvalue weighted by atomic mass is 10.0. The van der Waals surface area contributed by atoms with E-state index in [2.05, 4.69) is 10.3 Å². The first-order valence-electron chi connectivity index (χ1n) is 9.93. The van der Waals surface area contributed by atoms with Crippen LogP contribution in [0.1, 0.15) is 39.4 Å². The van der Waals surface area contributed by atoms with E-state index in [-0.39, 0.29) is 29.1 Å². The van der Waals surface area contributed by atoms with E-state index >= 15 is 0 Å². The Labute approximate surface area is 192 Å². The minimum absolute atomic E-state index is 0.116. The Hall–Kier alpha value is -3.18. The predicted molar refractivity (Wildman–Crippen MR) is 119 cm³/mol. The van der Waals surface area contributed by atoms with Crippen LogP contribution in [0.5, 0.6) is 0 Å². The molecular weight excluding hydrogens is 452 g/mol. The Morgan fingerprint density at radius 3 is 2.72 bits per heavy atom. The SMILES string of the molecule is Cc1csc(Sc2ccc(C(=O)NC3CCN(C(=O)c4ccco4)CC3)cc2[N+](=O)[O-])n1. The molecule has 0 unspecified atom stereocenters. The average Bonchev–Trinajstić information content (AvgIpc) is 3.46. The van der Waals surface area contributed by atoms with Gasteiger partial charge in [0.1, 0.15) is 0 Å². The number of piperidine rings is 1. The highest BCUT2D eigenvalue weighted by Crippen LogP contribution is 2.36. The largest absolute Gasteiger partial charge is 0.459 e. The fraction of sp³-hybridized carbons (Fsp3) is 0.286. The third-order valence-electron chi connectivity index (χ3n) is 5.06. The Kier molecular flexibility index (Phi) is 6.56. The van der Waals surface area contributed by atoms with E-state index in [0.29, 0.717) is 40.9 Å². The lowest BCUT2D eigenvalue weighted by Crippen LogP contribution is -2.46. The standard InChI is InChI=1S/C21H20N4O5S2/c1-13-12-31-21(22-13)32-18-5-4-14(11-16(18)25(28)29)19(26)23-15-6-8-24(9-7-15)20(27)17-3-2-10-30-17/h2-5,10-12,15H,6-9H2,1H3,(H,23,26). The third kappa shape index (κ3) is 5.00. The van der Waals surface area contributed by atoms with Crippen LogP contribution in [-0.2, 0) is 0 Å². The van der Waals surface area contributed by atoms with Crippen molar-refractivity contribution in [2.24, 2.45) is 0 Å². The number of amides is 2. The van der Waals surface area contributed by atoms with E-state index in [0.717, 1.165) is 5.69 Å². The number of carbonyl (C=O) groups is 2. The maximum absolute atomic E-state index is 12.7. The van der Waals surface area contributed by atoms with E-state index < -0.39 is 4.92 Å². The molecule has 2 aromatic heterocycles. The number of thiazole rings is 1. The fourth-order valence-corrected chi connectivity index (χ4v) is 5.29. The lowest BCUT2D eigenvalue weighted by molar-refractivity contribution is -0.387. The summed E-state index contributed by atoms with van der Waals surface area (Å²) >= 11 is 2.63. The zero-order chi connectivity index (χ0) is 22.7. The Balaban J connectivity index is 1.38. The van der Waals surface area contributed by atoms with Crippen molar-refractivity contribution in [3.8, 4) is 0 Å². The summed E-state index contributed by atoms with van der Waals surface area (Å²) in [5, 5.41) is 16.4. The van der Waals surface area contributed by atoms with Crippen LogP contribution in [0, 0.1) is 17.0 Å². The summed E-state index contributed by atoms with van der Waals surface area (Å²) in [5.41, 5.74) is 0.952. The molecule has 11 heteroatoms. The highest BCUT2D eigenvalue weighted by Gasteiger charge is 2.27. The van der Waals surface area contributed by atoms with Crippen molar-refractivity contribution in [1.29, 1.82) is 0 Å². The molecule has 0 radical (unpaired) electrons. The number of nitro benzene ring substituents is 1. The molecule has 1 fully saturated rings. The molecule has 2 amide bonds. The zero-order valence-electron chi connectivity index (χ0n) is 17.1. The van der Waals surface area contributed by atoms with Gasteiger partial charge in [-0.15, -0.1) is 11.3 Å². The number of furan rings is 1. The van der Waals surface area contributed by atoms with E-state index in [4.69, 9.17) is 4.42 Å². The second-order valence-corrected chi connectivity index (χ2v) is 9.46. The van der Waals surface area contributed by atoms with E-state index in [9.17, 15) is 19.7 Å². The fourth-order valence-electron chi connectivity index (χ4n) is 3.41. The minimum Gasteiger partial charge on any atom is -0.459 e. The van der Waals surface area contributed by atoms with Gasteiger partial charge in [0, 0.05) is 41.8 Å². The quantitative estimate of drug-likeness (QED) is 0.423. The van der Waals surface area contributed by atoms with Crippen LogP contribution in [0.15, 0.2) is 55.6 Å². The first-order chi connectivity index (χ1) is 15.4. The van der Waals surface area contributed by atoms with Crippen LogP contribution in [-0.4, -0.2) is 45.8 Å². The summed E-state index contributed by atoms with van der Waals surface area (Å²) in [6.07, 6.45) is 2.65. The monoisotopic (exact) mass is 472 g/mol. The third-order valence-corrected chi connectivity index (χ3v) is 7.18. The van der Waals surface area contributed by atoms with Crippen molar-refractivity contribution in [2.75, 3.05) is 13.1 Å². The van der Waals surface area contributed by atoms with Gasteiger partial charge in [0.2, 0.25) is 0 Å². The number of aromatic nitrogens is 1. The average molecular weight is 473 g/mol. The molecule has 0 spiro atoms. The van der Waals surface area contributed by atoms with Crippen molar-refractivity contribution in [2.45, 2.75) is 35.0 Å². The summed E-state index contributed by atoms with van der Waals surface area (Å²) < 4.78 is 5.86. The van der Waals surface area contributed by atoms with Gasteiger partial charge in [-0.3, -0.25) is 19.7 Å². The van der Waals surface area contributed by atoms with Gasteiger partial charge in [-0.2, -0.15) is 0 Å². The number of hydrogen-bond donors (Lipinski definition) is 1. The highest BCUT2D eigenvalue weighted by molar-refractivity contribution is 8.01. The van der Waals surface area contributed by atoms with Crippen LogP contribution in [0.2, 0.25) is 0 Å². The number of carbonyl (C=O) groups excluding carboxylic acids is 2. The molecule has 9 nitrogen and oxygen atoms in total. The number of nitrogens with one attached hydrogen (secondary N) is 1. The number of benzene rings is 1. The summed E-state index contributed by atoms with van der Waals surface area (Å²) in [6.45, 7) is 2.85. The second-order valence-electron chi connectivity index (χ2n) is 7.31. The van der Waals surface area contributed by atoms with E-state index in [1.165, 1.54) is 35.4 Å². The molecule has 1 N–H and O–H groups in total. The molecule has 1 aliphatic rings. The van der Waals surface area contributed by atoms with Gasteiger partial charge in [0.05, 0.1) is 16.1 Å². The number of aryl methyl sites for hydroxylation is 1. The molecular formula is C21H20N4O5S2. The van der Waals surface area contributed by atoms with Gasteiger partial charge in [-0.25, -0.2) is 4.98 Å². The van der Waals surface area contributed by atoms with Gasteiger partial charge >= 0.3 is 0 Å². The molecule has 3 aromatic rings. The normalized spacial score (nSPS) is 14.3. The Morgan fingerprint density at radius 1 is 1.31 bits per heavy atom. The van der Waals surface area contributed by atoms with Gasteiger partial charge in [-0.1, -0.05) is 11.8 Å². The number of hydrogen-bond acceptors (Lipinski definition) is 8. The van der Waals surface area contributed by atoms with E-state index in [1.54, 1.807) is 29.2 Å². The molecule has 0 atom stereocenters. The molecule has 0 saturated carbocycles. The first kappa shape index (κ1) is 22.0. The summed E-state index contributed by atoms with van der Waals surface area (Å²) in [4.78, 5) is 42.6. The van der Waals surface area contributed by atoms with Crippen molar-refractivity contribution in [3.63, 3.8) is 0 Å². The Morgan fingerprint density at radius 2 is 2.09 bits per heavy atom. The molecule has 0 bridgehead atoms. The second kappa shape index (κ2) is 9.53. The molecule has 166 valence electrons. The topological polar surface area (TPSA) is 119 Å². The van der Waals surface area contributed by atoms with Crippen molar-refractivity contribution in [1.82, 2.24) is 15.2 Å². The lowest BCUT2D eigenvalue weighted by Gasteiger charge is -2.31. The van der Waals surface area contributed by atoms with Crippen LogP contribution in [0.25, 0.3) is 0 Å². The van der Waals surface area contributed by atoms with Gasteiger partial charge in [0.15, 0.2) is 10.1 Å². The maximum Gasteiger partial charge on any atom is 0.289 e. The number of rotatable bonds is 6. The smallest absolute Gasteiger partial charge is 0.289 e. The number of likely N-dealkylation sites (tertiary alicyclic amines) is 1. The molecule has 1 saturated heterocycles. The molecule has 0 aliphatic carbocycles. The molecule has 32 heavy (non-hydrogen) atoms. The van der Waals surface area contributed by atoms with Crippen molar-refractivity contribution >= 4 is 40.6 Å². The zero-order valence-corrected chi connectivity index (χ0v) is 18.8. The van der Waals surface area contributed by atoms with Gasteiger partial charge in [0.25, 0.3) is 17.5 Å². The summed E-state index contributed by atoms with van der Waals surface area (Å²) in [5.74, 6) is -0.241. The van der Waals surface area contributed by atoms with Crippen LogP contribution in [0.4, 0.5) is 5.69 Å². The van der Waals surface area contributed by atoms with Crippen molar-refractivity contribution in [3.05, 3.63) is 69.1 Å². The predicted octanol–water partition coefficient (Wildman–Crippen LogP) is 4.14. The summed E-state index contributed by atoms with van der Waals surface area (Å²) in [7, 11) is 0. The van der Waals surface area contributed by atoms with E-state index in [1.807, 2.05) is 12.3 Å². The molecule has 1 aliphatic heterocycles. The minimum atomic E-state index is -0.488. The van der Waals surface area contributed by atoms with Crippen LogP contribution < -0.4 is 5.32 Å². The van der Waals surface area contributed by atoms with Gasteiger partial charge < -0.3 is 14.6 Å². The Bertz CT molecular complexity index is 1140.